The molecule has 4 N–H and O–H groups in total. The van der Waals surface area contributed by atoms with Gasteiger partial charge in [-0.25, -0.2) is 4.99 Å². The lowest BCUT2D eigenvalue weighted by atomic mass is 10.1. The number of carbonyl (C=O) groups is 1. The van der Waals surface area contributed by atoms with E-state index >= 15 is 0 Å². The van der Waals surface area contributed by atoms with Crippen LogP contribution in [0.5, 0.6) is 5.75 Å². The fourth-order valence-corrected chi connectivity index (χ4v) is 2.42. The molecule has 7 nitrogen and oxygen atoms in total. The highest BCUT2D eigenvalue weighted by Crippen LogP contribution is 2.21. The molecule has 1 aromatic heterocycles. The molecule has 0 aliphatic carbocycles. The van der Waals surface area contributed by atoms with Gasteiger partial charge < -0.3 is 25.5 Å². The molecule has 0 fully saturated rings. The van der Waals surface area contributed by atoms with Crippen molar-refractivity contribution in [2.75, 3.05) is 13.2 Å². The Labute approximate surface area is 183 Å². The number of guanidine groups is 1. The molecule has 8 heteroatoms. The Bertz CT molecular complexity index is 790. The standard InChI is InChI=1S/C20H28N4O3.HI/c1-4-10-26-18-11-14(3)6-7-15(18)12-23-20(22-5-2)24-13-16-8-9-17(27-16)19(21)25;/h6-9,11H,4-5,10,12-13H2,1-3H3,(H2,21,25)(H2,22,23,24);1H. The summed E-state index contributed by atoms with van der Waals surface area (Å²) in [6.07, 6.45) is 0.956. The first kappa shape index (κ1) is 23.8. The highest BCUT2D eigenvalue weighted by molar-refractivity contribution is 14.0. The van der Waals surface area contributed by atoms with E-state index in [9.17, 15) is 4.79 Å². The first-order valence-corrected chi connectivity index (χ1v) is 9.16. The number of furan rings is 1. The van der Waals surface area contributed by atoms with Crippen molar-refractivity contribution in [3.8, 4) is 5.75 Å². The molecule has 2 rings (SSSR count). The fraction of sp³-hybridized carbons (Fsp3) is 0.400. The number of primary amides is 1. The van der Waals surface area contributed by atoms with Gasteiger partial charge in [-0.3, -0.25) is 4.79 Å². The van der Waals surface area contributed by atoms with Crippen LogP contribution < -0.4 is 21.1 Å². The largest absolute Gasteiger partial charge is 0.493 e. The number of halogens is 1. The van der Waals surface area contributed by atoms with E-state index < -0.39 is 5.91 Å². The summed E-state index contributed by atoms with van der Waals surface area (Å²) in [6.45, 7) is 8.41. The van der Waals surface area contributed by atoms with Crippen molar-refractivity contribution in [2.45, 2.75) is 40.3 Å². The second-order valence-corrected chi connectivity index (χ2v) is 6.14. The van der Waals surface area contributed by atoms with Crippen LogP contribution in [0.4, 0.5) is 0 Å². The van der Waals surface area contributed by atoms with Gasteiger partial charge in [0.05, 0.1) is 19.7 Å². The van der Waals surface area contributed by atoms with Crippen LogP contribution in [0.15, 0.2) is 39.7 Å². The molecule has 0 atom stereocenters. The molecule has 2 aromatic rings. The van der Waals surface area contributed by atoms with Gasteiger partial charge in [0.25, 0.3) is 5.91 Å². The zero-order chi connectivity index (χ0) is 19.6. The van der Waals surface area contributed by atoms with E-state index in [1.165, 1.54) is 0 Å². The molecule has 28 heavy (non-hydrogen) atoms. The van der Waals surface area contributed by atoms with Crippen LogP contribution in [0.2, 0.25) is 0 Å². The van der Waals surface area contributed by atoms with Gasteiger partial charge in [-0.1, -0.05) is 19.1 Å². The number of aliphatic imine (C=N–C) groups is 1. The molecule has 0 aliphatic rings. The Kier molecular flexibility index (Phi) is 10.4. The van der Waals surface area contributed by atoms with E-state index in [4.69, 9.17) is 14.9 Å². The van der Waals surface area contributed by atoms with Crippen LogP contribution in [0, 0.1) is 6.92 Å². The Morgan fingerprint density at radius 1 is 1.21 bits per heavy atom. The number of nitrogens with two attached hydrogens (primary N) is 1. The van der Waals surface area contributed by atoms with Gasteiger partial charge in [0.1, 0.15) is 11.5 Å². The smallest absolute Gasteiger partial charge is 0.284 e. The van der Waals surface area contributed by atoms with Crippen molar-refractivity contribution in [1.29, 1.82) is 0 Å². The van der Waals surface area contributed by atoms with Crippen LogP contribution in [-0.2, 0) is 13.1 Å². The molecule has 0 saturated carbocycles. The summed E-state index contributed by atoms with van der Waals surface area (Å²) in [5.74, 6) is 1.69. The normalized spacial score (nSPS) is 10.9. The van der Waals surface area contributed by atoms with Crippen LogP contribution in [0.25, 0.3) is 0 Å². The summed E-state index contributed by atoms with van der Waals surface area (Å²) >= 11 is 0. The van der Waals surface area contributed by atoms with E-state index in [1.807, 2.05) is 26.0 Å². The molecule has 0 radical (unpaired) electrons. The molecular formula is C20H29IN4O3. The zero-order valence-corrected chi connectivity index (χ0v) is 18.9. The molecule has 0 bridgehead atoms. The van der Waals surface area contributed by atoms with Crippen molar-refractivity contribution in [3.63, 3.8) is 0 Å². The number of hydrogen-bond acceptors (Lipinski definition) is 4. The number of nitrogens with zero attached hydrogens (tertiary/aromatic N) is 1. The summed E-state index contributed by atoms with van der Waals surface area (Å²) in [5, 5.41) is 6.38. The highest BCUT2D eigenvalue weighted by atomic mass is 127. The Balaban J connectivity index is 0.00000392. The number of benzene rings is 1. The Hall–Kier alpha value is -2.23. The lowest BCUT2D eigenvalue weighted by Gasteiger charge is -2.13. The van der Waals surface area contributed by atoms with Gasteiger partial charge in [0.2, 0.25) is 0 Å². The Morgan fingerprint density at radius 2 is 2.00 bits per heavy atom. The van der Waals surface area contributed by atoms with E-state index in [-0.39, 0.29) is 29.7 Å². The molecule has 1 amide bonds. The van der Waals surface area contributed by atoms with Crippen molar-refractivity contribution < 1.29 is 13.9 Å². The van der Waals surface area contributed by atoms with Crippen molar-refractivity contribution >= 4 is 35.8 Å². The number of hydrogen-bond donors (Lipinski definition) is 3. The third-order valence-corrected chi connectivity index (χ3v) is 3.77. The first-order chi connectivity index (χ1) is 13.0. The number of aryl methyl sites for hydroxylation is 1. The maximum atomic E-state index is 11.1. The number of ether oxygens (including phenoxy) is 1. The van der Waals surface area contributed by atoms with E-state index in [1.54, 1.807) is 12.1 Å². The van der Waals surface area contributed by atoms with E-state index in [0.717, 1.165) is 29.8 Å². The van der Waals surface area contributed by atoms with Crippen LogP contribution in [0.1, 0.15) is 47.7 Å². The second-order valence-electron chi connectivity index (χ2n) is 6.14. The van der Waals surface area contributed by atoms with Gasteiger partial charge in [-0.15, -0.1) is 24.0 Å². The number of amides is 1. The molecule has 1 heterocycles. The molecule has 154 valence electrons. The van der Waals surface area contributed by atoms with Gasteiger partial charge in [0, 0.05) is 12.1 Å². The third-order valence-electron chi connectivity index (χ3n) is 3.77. The second kappa shape index (κ2) is 12.3. The minimum absolute atomic E-state index is 0. The minimum atomic E-state index is -0.583. The lowest BCUT2D eigenvalue weighted by Crippen LogP contribution is -2.36. The third kappa shape index (κ3) is 7.41. The van der Waals surface area contributed by atoms with E-state index in [2.05, 4.69) is 28.6 Å². The SMILES string of the molecule is CCCOc1cc(C)ccc1CN=C(NCC)NCc1ccc(C(N)=O)o1.I. The molecule has 0 aliphatic heterocycles. The first-order valence-electron chi connectivity index (χ1n) is 9.16. The minimum Gasteiger partial charge on any atom is -0.493 e. The predicted molar refractivity (Wildman–Crippen MR) is 121 cm³/mol. The van der Waals surface area contributed by atoms with Crippen LogP contribution in [-0.4, -0.2) is 25.0 Å². The summed E-state index contributed by atoms with van der Waals surface area (Å²) in [5.41, 5.74) is 7.38. The van der Waals surface area contributed by atoms with Crippen molar-refractivity contribution in [3.05, 3.63) is 53.0 Å². The summed E-state index contributed by atoms with van der Waals surface area (Å²) in [4.78, 5) is 15.7. The van der Waals surface area contributed by atoms with Crippen molar-refractivity contribution in [2.24, 2.45) is 10.7 Å². The van der Waals surface area contributed by atoms with Gasteiger partial charge in [0.15, 0.2) is 11.7 Å². The van der Waals surface area contributed by atoms with E-state index in [0.29, 0.717) is 31.4 Å². The number of carbonyl (C=O) groups excluding carboxylic acids is 1. The molecule has 0 spiro atoms. The van der Waals surface area contributed by atoms with Crippen molar-refractivity contribution in [1.82, 2.24) is 10.6 Å². The summed E-state index contributed by atoms with van der Waals surface area (Å²) in [6, 6.07) is 9.41. The summed E-state index contributed by atoms with van der Waals surface area (Å²) in [7, 11) is 0. The van der Waals surface area contributed by atoms with Gasteiger partial charge in [-0.05, 0) is 44.0 Å². The topological polar surface area (TPSA) is 102 Å². The van der Waals surface area contributed by atoms with Crippen LogP contribution in [0.3, 0.4) is 0 Å². The zero-order valence-electron chi connectivity index (χ0n) is 16.6. The predicted octanol–water partition coefficient (Wildman–Crippen LogP) is 3.35. The average Bonchev–Trinajstić information content (AvgIpc) is 3.12. The molecule has 1 aromatic carbocycles. The molecule has 0 saturated heterocycles. The fourth-order valence-electron chi connectivity index (χ4n) is 2.42. The number of rotatable bonds is 9. The van der Waals surface area contributed by atoms with Gasteiger partial charge >= 0.3 is 0 Å². The lowest BCUT2D eigenvalue weighted by molar-refractivity contribution is 0.0972. The molecule has 0 unspecified atom stereocenters. The highest BCUT2D eigenvalue weighted by Gasteiger charge is 2.08. The number of nitrogens with one attached hydrogen (secondary N) is 2. The van der Waals surface area contributed by atoms with Crippen LogP contribution >= 0.6 is 24.0 Å². The monoisotopic (exact) mass is 500 g/mol. The average molecular weight is 500 g/mol. The molecular weight excluding hydrogens is 471 g/mol. The van der Waals surface area contributed by atoms with Gasteiger partial charge in [-0.2, -0.15) is 0 Å². The quantitative estimate of drug-likeness (QED) is 0.279. The maximum absolute atomic E-state index is 11.1. The Morgan fingerprint density at radius 3 is 2.64 bits per heavy atom. The summed E-state index contributed by atoms with van der Waals surface area (Å²) < 4.78 is 11.2. The maximum Gasteiger partial charge on any atom is 0.284 e.